The SMILES string of the molecule is CC(=O)N(/C=C/C=O)c1ccc(C)cc1. The van der Waals surface area contributed by atoms with E-state index >= 15 is 0 Å². The van der Waals surface area contributed by atoms with Gasteiger partial charge in [-0.05, 0) is 25.1 Å². The summed E-state index contributed by atoms with van der Waals surface area (Å²) in [6.07, 6.45) is 3.39. The van der Waals surface area contributed by atoms with E-state index in [4.69, 9.17) is 0 Å². The summed E-state index contributed by atoms with van der Waals surface area (Å²) in [5.74, 6) is -0.128. The van der Waals surface area contributed by atoms with Gasteiger partial charge in [0.05, 0.1) is 0 Å². The molecule has 15 heavy (non-hydrogen) atoms. The number of allylic oxidation sites excluding steroid dienone is 1. The minimum absolute atomic E-state index is 0.128. The van der Waals surface area contributed by atoms with Crippen molar-refractivity contribution in [2.24, 2.45) is 0 Å². The maximum absolute atomic E-state index is 11.3. The Labute approximate surface area is 89.0 Å². The predicted molar refractivity (Wildman–Crippen MR) is 59.5 cm³/mol. The number of carbonyl (C=O) groups excluding carboxylic acids is 2. The Morgan fingerprint density at radius 3 is 2.33 bits per heavy atom. The van der Waals surface area contributed by atoms with Gasteiger partial charge in [0.1, 0.15) is 6.29 Å². The molecule has 0 aliphatic heterocycles. The first-order valence-electron chi connectivity index (χ1n) is 4.63. The van der Waals surface area contributed by atoms with Crippen LogP contribution in [-0.4, -0.2) is 12.2 Å². The Hall–Kier alpha value is -1.90. The summed E-state index contributed by atoms with van der Waals surface area (Å²) in [7, 11) is 0. The van der Waals surface area contributed by atoms with E-state index in [0.717, 1.165) is 11.3 Å². The van der Waals surface area contributed by atoms with Gasteiger partial charge in [0.2, 0.25) is 5.91 Å². The van der Waals surface area contributed by atoms with Crippen molar-refractivity contribution in [3.05, 3.63) is 42.1 Å². The standard InChI is InChI=1S/C12H13NO2/c1-10-4-6-12(7-5-10)13(11(2)15)8-3-9-14/h3-9H,1-2H3/b8-3+. The second kappa shape index (κ2) is 5.10. The van der Waals surface area contributed by atoms with Crippen LogP contribution in [0.1, 0.15) is 12.5 Å². The lowest BCUT2D eigenvalue weighted by Gasteiger charge is -2.15. The second-order valence-corrected chi connectivity index (χ2v) is 3.20. The molecular formula is C12H13NO2. The molecule has 3 heteroatoms. The average molecular weight is 203 g/mol. The topological polar surface area (TPSA) is 37.4 Å². The van der Waals surface area contributed by atoms with E-state index in [9.17, 15) is 9.59 Å². The quantitative estimate of drug-likeness (QED) is 0.557. The summed E-state index contributed by atoms with van der Waals surface area (Å²) >= 11 is 0. The molecule has 1 aromatic rings. The van der Waals surface area contributed by atoms with Gasteiger partial charge in [-0.2, -0.15) is 0 Å². The Bertz CT molecular complexity index is 379. The largest absolute Gasteiger partial charge is 0.299 e. The second-order valence-electron chi connectivity index (χ2n) is 3.20. The lowest BCUT2D eigenvalue weighted by atomic mass is 10.2. The molecule has 0 spiro atoms. The van der Waals surface area contributed by atoms with Gasteiger partial charge in [-0.15, -0.1) is 0 Å². The van der Waals surface area contributed by atoms with Crippen LogP contribution in [-0.2, 0) is 9.59 Å². The molecule has 0 unspecified atom stereocenters. The molecule has 1 aromatic carbocycles. The van der Waals surface area contributed by atoms with E-state index in [-0.39, 0.29) is 5.91 Å². The summed E-state index contributed by atoms with van der Waals surface area (Å²) in [6, 6.07) is 7.51. The van der Waals surface area contributed by atoms with Crippen LogP contribution in [0, 0.1) is 6.92 Å². The van der Waals surface area contributed by atoms with Crippen LogP contribution >= 0.6 is 0 Å². The van der Waals surface area contributed by atoms with Gasteiger partial charge in [0.15, 0.2) is 0 Å². The molecule has 0 atom stereocenters. The molecule has 1 rings (SSSR count). The Morgan fingerprint density at radius 2 is 1.87 bits per heavy atom. The van der Waals surface area contributed by atoms with Gasteiger partial charge in [-0.1, -0.05) is 17.7 Å². The van der Waals surface area contributed by atoms with Crippen LogP contribution in [0.15, 0.2) is 36.5 Å². The van der Waals surface area contributed by atoms with Crippen molar-refractivity contribution in [3.63, 3.8) is 0 Å². The number of aryl methyl sites for hydroxylation is 1. The third kappa shape index (κ3) is 3.06. The van der Waals surface area contributed by atoms with Crippen molar-refractivity contribution in [1.29, 1.82) is 0 Å². The third-order valence-electron chi connectivity index (χ3n) is 1.97. The Morgan fingerprint density at radius 1 is 1.27 bits per heavy atom. The van der Waals surface area contributed by atoms with Gasteiger partial charge in [0.25, 0.3) is 0 Å². The lowest BCUT2D eigenvalue weighted by molar-refractivity contribution is -0.116. The maximum atomic E-state index is 11.3. The number of aldehydes is 1. The number of carbonyl (C=O) groups is 2. The zero-order valence-corrected chi connectivity index (χ0v) is 8.81. The van der Waals surface area contributed by atoms with E-state index in [1.54, 1.807) is 0 Å². The minimum Gasteiger partial charge on any atom is -0.299 e. The summed E-state index contributed by atoms with van der Waals surface area (Å²) in [6.45, 7) is 3.43. The first kappa shape index (κ1) is 11.2. The van der Waals surface area contributed by atoms with Crippen molar-refractivity contribution in [1.82, 2.24) is 0 Å². The molecule has 1 amide bonds. The van der Waals surface area contributed by atoms with Gasteiger partial charge >= 0.3 is 0 Å². The molecule has 0 aromatic heterocycles. The zero-order valence-electron chi connectivity index (χ0n) is 8.81. The van der Waals surface area contributed by atoms with Crippen LogP contribution in [0.5, 0.6) is 0 Å². The van der Waals surface area contributed by atoms with E-state index in [0.29, 0.717) is 6.29 Å². The molecule has 0 fully saturated rings. The van der Waals surface area contributed by atoms with Crippen molar-refractivity contribution in [3.8, 4) is 0 Å². The number of nitrogens with zero attached hydrogens (tertiary/aromatic N) is 1. The van der Waals surface area contributed by atoms with Gasteiger partial charge in [-0.25, -0.2) is 0 Å². The van der Waals surface area contributed by atoms with Crippen molar-refractivity contribution >= 4 is 17.9 Å². The predicted octanol–water partition coefficient (Wildman–Crippen LogP) is 2.06. The Kier molecular flexibility index (Phi) is 3.80. The van der Waals surface area contributed by atoms with Gasteiger partial charge in [0, 0.05) is 18.8 Å². The van der Waals surface area contributed by atoms with E-state index in [1.165, 1.54) is 24.1 Å². The highest BCUT2D eigenvalue weighted by molar-refractivity contribution is 5.94. The van der Waals surface area contributed by atoms with E-state index in [1.807, 2.05) is 31.2 Å². The Balaban J connectivity index is 2.98. The summed E-state index contributed by atoms with van der Waals surface area (Å²) < 4.78 is 0. The first-order valence-corrected chi connectivity index (χ1v) is 4.63. The van der Waals surface area contributed by atoms with E-state index < -0.39 is 0 Å². The van der Waals surface area contributed by atoms with Crippen LogP contribution in [0.3, 0.4) is 0 Å². The van der Waals surface area contributed by atoms with Crippen LogP contribution in [0.2, 0.25) is 0 Å². The highest BCUT2D eigenvalue weighted by atomic mass is 16.2. The molecule has 0 N–H and O–H groups in total. The lowest BCUT2D eigenvalue weighted by Crippen LogP contribution is -2.21. The molecule has 3 nitrogen and oxygen atoms in total. The van der Waals surface area contributed by atoms with E-state index in [2.05, 4.69) is 0 Å². The highest BCUT2D eigenvalue weighted by Gasteiger charge is 2.06. The van der Waals surface area contributed by atoms with Crippen molar-refractivity contribution in [2.75, 3.05) is 4.90 Å². The highest BCUT2D eigenvalue weighted by Crippen LogP contribution is 2.15. The fourth-order valence-electron chi connectivity index (χ4n) is 1.20. The first-order chi connectivity index (χ1) is 7.15. The normalized spacial score (nSPS) is 10.3. The number of benzene rings is 1. The summed E-state index contributed by atoms with van der Waals surface area (Å²) in [5, 5.41) is 0. The molecule has 78 valence electrons. The van der Waals surface area contributed by atoms with Crippen molar-refractivity contribution < 1.29 is 9.59 Å². The smallest absolute Gasteiger partial charge is 0.227 e. The van der Waals surface area contributed by atoms with Gasteiger partial charge in [-0.3, -0.25) is 14.5 Å². The van der Waals surface area contributed by atoms with Crippen LogP contribution < -0.4 is 4.90 Å². The number of anilines is 1. The molecule has 0 bridgehead atoms. The molecule has 0 saturated heterocycles. The number of amides is 1. The maximum Gasteiger partial charge on any atom is 0.227 e. The zero-order chi connectivity index (χ0) is 11.3. The molecule has 0 saturated carbocycles. The van der Waals surface area contributed by atoms with Crippen molar-refractivity contribution in [2.45, 2.75) is 13.8 Å². The van der Waals surface area contributed by atoms with Gasteiger partial charge < -0.3 is 0 Å². The van der Waals surface area contributed by atoms with Crippen LogP contribution in [0.4, 0.5) is 5.69 Å². The molecule has 0 radical (unpaired) electrons. The molecule has 0 heterocycles. The third-order valence-corrected chi connectivity index (χ3v) is 1.97. The number of rotatable bonds is 3. The number of hydrogen-bond donors (Lipinski definition) is 0. The van der Waals surface area contributed by atoms with Crippen LogP contribution in [0.25, 0.3) is 0 Å². The number of hydrogen-bond acceptors (Lipinski definition) is 2. The fraction of sp³-hybridized carbons (Fsp3) is 0.167. The monoisotopic (exact) mass is 203 g/mol. The summed E-state index contributed by atoms with van der Waals surface area (Å²) in [5.41, 5.74) is 1.88. The molecule has 0 aliphatic rings. The minimum atomic E-state index is -0.128. The molecule has 0 aliphatic carbocycles. The summed E-state index contributed by atoms with van der Waals surface area (Å²) in [4.78, 5) is 22.9. The molecular weight excluding hydrogens is 190 g/mol. The average Bonchev–Trinajstić information content (AvgIpc) is 2.21. The fourth-order valence-corrected chi connectivity index (χ4v) is 1.20.